The molecule has 2 amide bonds. The van der Waals surface area contributed by atoms with Crippen LogP contribution in [0.4, 0.5) is 9.93 Å². The van der Waals surface area contributed by atoms with Crippen molar-refractivity contribution in [1.82, 2.24) is 20.3 Å². The highest BCUT2D eigenvalue weighted by Crippen LogP contribution is 2.14. The highest BCUT2D eigenvalue weighted by molar-refractivity contribution is 7.98. The van der Waals surface area contributed by atoms with E-state index in [0.29, 0.717) is 11.7 Å². The molecule has 2 heterocycles. The van der Waals surface area contributed by atoms with Crippen molar-refractivity contribution in [3.63, 3.8) is 0 Å². The Bertz CT molecular complexity index is 566. The highest BCUT2D eigenvalue weighted by atomic mass is 32.2. The molecule has 3 N–H and O–H groups in total. The van der Waals surface area contributed by atoms with E-state index in [0.717, 1.165) is 28.6 Å². The summed E-state index contributed by atoms with van der Waals surface area (Å²) in [6.45, 7) is 4.52. The van der Waals surface area contributed by atoms with Gasteiger partial charge in [0.2, 0.25) is 0 Å². The summed E-state index contributed by atoms with van der Waals surface area (Å²) >= 11 is 3.16. The number of aryl methyl sites for hydroxylation is 2. The number of rotatable bonds is 6. The van der Waals surface area contributed by atoms with Crippen molar-refractivity contribution in [3.05, 3.63) is 28.8 Å². The number of imidazole rings is 1. The molecule has 0 radical (unpaired) electrons. The summed E-state index contributed by atoms with van der Waals surface area (Å²) < 4.78 is 0. The maximum atomic E-state index is 11.6. The van der Waals surface area contributed by atoms with Crippen LogP contribution in [0.25, 0.3) is 0 Å². The number of amides is 2. The lowest BCUT2D eigenvalue weighted by atomic mass is 10.4. The first-order chi connectivity index (χ1) is 9.65. The molecule has 108 valence electrons. The Balaban J connectivity index is 1.59. The molecule has 6 nitrogen and oxygen atoms in total. The summed E-state index contributed by atoms with van der Waals surface area (Å²) in [5, 5.41) is 8.04. The van der Waals surface area contributed by atoms with Gasteiger partial charge in [0.1, 0.15) is 0 Å². The molecule has 0 aliphatic rings. The standard InChI is InChI=1S/C12H17N5OS2/c1-8-5-20-12(16-8)17-11(18)13-3-4-19-6-10-9(2)14-7-15-10/h5,7H,3-4,6H2,1-2H3,(H,14,15)(H2,13,16,17,18). The van der Waals surface area contributed by atoms with Crippen molar-refractivity contribution in [1.29, 1.82) is 0 Å². The maximum absolute atomic E-state index is 11.6. The molecule has 0 aliphatic heterocycles. The van der Waals surface area contributed by atoms with Crippen LogP contribution < -0.4 is 10.6 Å². The van der Waals surface area contributed by atoms with Gasteiger partial charge in [-0.25, -0.2) is 14.8 Å². The molecule has 0 fully saturated rings. The fourth-order valence-electron chi connectivity index (χ4n) is 1.49. The van der Waals surface area contributed by atoms with E-state index in [1.165, 1.54) is 11.3 Å². The van der Waals surface area contributed by atoms with Gasteiger partial charge in [0.25, 0.3) is 0 Å². The molecule has 0 aromatic carbocycles. The van der Waals surface area contributed by atoms with Crippen LogP contribution in [-0.2, 0) is 5.75 Å². The minimum atomic E-state index is -0.212. The van der Waals surface area contributed by atoms with E-state index >= 15 is 0 Å². The lowest BCUT2D eigenvalue weighted by Gasteiger charge is -2.05. The minimum Gasteiger partial charge on any atom is -0.348 e. The van der Waals surface area contributed by atoms with Crippen molar-refractivity contribution in [2.75, 3.05) is 17.6 Å². The second kappa shape index (κ2) is 7.30. The number of nitrogens with zero attached hydrogens (tertiary/aromatic N) is 2. The Kier molecular flexibility index (Phi) is 5.42. The predicted octanol–water partition coefficient (Wildman–Crippen LogP) is 2.54. The molecular formula is C12H17N5OS2. The second-order valence-electron chi connectivity index (χ2n) is 4.20. The largest absolute Gasteiger partial charge is 0.348 e. The van der Waals surface area contributed by atoms with E-state index in [9.17, 15) is 4.79 Å². The molecule has 0 aliphatic carbocycles. The number of carbonyl (C=O) groups is 1. The van der Waals surface area contributed by atoms with Gasteiger partial charge in [-0.1, -0.05) is 0 Å². The van der Waals surface area contributed by atoms with Gasteiger partial charge in [0.15, 0.2) is 5.13 Å². The van der Waals surface area contributed by atoms with Crippen molar-refractivity contribution in [2.45, 2.75) is 19.6 Å². The number of hydrogen-bond acceptors (Lipinski definition) is 5. The Morgan fingerprint density at radius 2 is 2.35 bits per heavy atom. The van der Waals surface area contributed by atoms with E-state index in [-0.39, 0.29) is 6.03 Å². The van der Waals surface area contributed by atoms with Crippen LogP contribution >= 0.6 is 23.1 Å². The van der Waals surface area contributed by atoms with Crippen molar-refractivity contribution < 1.29 is 4.79 Å². The fraction of sp³-hybridized carbons (Fsp3) is 0.417. The first kappa shape index (κ1) is 14.9. The number of carbonyl (C=O) groups excluding carboxylic acids is 1. The highest BCUT2D eigenvalue weighted by Gasteiger charge is 2.04. The van der Waals surface area contributed by atoms with Crippen LogP contribution in [-0.4, -0.2) is 33.3 Å². The number of H-pyrrole nitrogens is 1. The van der Waals surface area contributed by atoms with Gasteiger partial charge in [-0.2, -0.15) is 11.8 Å². The topological polar surface area (TPSA) is 82.7 Å². The van der Waals surface area contributed by atoms with E-state index in [4.69, 9.17) is 0 Å². The summed E-state index contributed by atoms with van der Waals surface area (Å²) in [5.74, 6) is 1.70. The molecule has 2 aromatic heterocycles. The van der Waals surface area contributed by atoms with E-state index in [2.05, 4.69) is 25.6 Å². The molecule has 8 heteroatoms. The summed E-state index contributed by atoms with van der Waals surface area (Å²) in [5.41, 5.74) is 3.08. The molecule has 0 unspecified atom stereocenters. The number of thioether (sulfide) groups is 1. The Hall–Kier alpha value is -1.54. The number of anilines is 1. The van der Waals surface area contributed by atoms with Crippen LogP contribution in [0.2, 0.25) is 0 Å². The van der Waals surface area contributed by atoms with Crippen LogP contribution in [0.15, 0.2) is 11.7 Å². The predicted molar refractivity (Wildman–Crippen MR) is 83.4 cm³/mol. The van der Waals surface area contributed by atoms with Crippen molar-refractivity contribution in [2.24, 2.45) is 0 Å². The maximum Gasteiger partial charge on any atom is 0.321 e. The number of aromatic amines is 1. The van der Waals surface area contributed by atoms with Gasteiger partial charge in [0, 0.05) is 29.1 Å². The lowest BCUT2D eigenvalue weighted by Crippen LogP contribution is -2.30. The molecule has 20 heavy (non-hydrogen) atoms. The number of hydrogen-bond donors (Lipinski definition) is 3. The fourth-order valence-corrected chi connectivity index (χ4v) is 3.05. The molecule has 0 atom stereocenters. The van der Waals surface area contributed by atoms with Gasteiger partial charge >= 0.3 is 6.03 Å². The Morgan fingerprint density at radius 3 is 3.00 bits per heavy atom. The summed E-state index contributed by atoms with van der Waals surface area (Å²) in [6.07, 6.45) is 1.70. The number of thiazole rings is 1. The summed E-state index contributed by atoms with van der Waals surface area (Å²) in [4.78, 5) is 23.0. The molecule has 2 aromatic rings. The summed E-state index contributed by atoms with van der Waals surface area (Å²) in [6, 6.07) is -0.212. The van der Waals surface area contributed by atoms with E-state index in [1.807, 2.05) is 19.2 Å². The SMILES string of the molecule is Cc1csc(NC(=O)NCCSCc2nc[nH]c2C)n1. The molecule has 0 bridgehead atoms. The smallest absolute Gasteiger partial charge is 0.321 e. The third kappa shape index (κ3) is 4.53. The first-order valence-corrected chi connectivity index (χ1v) is 8.22. The third-order valence-electron chi connectivity index (χ3n) is 2.54. The average molecular weight is 311 g/mol. The molecule has 0 saturated heterocycles. The normalized spacial score (nSPS) is 10.5. The zero-order valence-corrected chi connectivity index (χ0v) is 13.0. The third-order valence-corrected chi connectivity index (χ3v) is 4.39. The molecular weight excluding hydrogens is 294 g/mol. The first-order valence-electron chi connectivity index (χ1n) is 6.18. The second-order valence-corrected chi connectivity index (χ2v) is 6.17. The van der Waals surface area contributed by atoms with Gasteiger partial charge in [0.05, 0.1) is 17.7 Å². The van der Waals surface area contributed by atoms with Crippen LogP contribution in [0.1, 0.15) is 17.1 Å². The molecule has 0 saturated carbocycles. The Labute approximate surface area is 125 Å². The zero-order valence-electron chi connectivity index (χ0n) is 11.4. The van der Waals surface area contributed by atoms with Gasteiger partial charge in [-0.05, 0) is 13.8 Å². The van der Waals surface area contributed by atoms with Crippen LogP contribution in [0, 0.1) is 13.8 Å². The Morgan fingerprint density at radius 1 is 1.50 bits per heavy atom. The van der Waals surface area contributed by atoms with Gasteiger partial charge in [-0.15, -0.1) is 11.3 Å². The number of nitrogens with one attached hydrogen (secondary N) is 3. The molecule has 2 rings (SSSR count). The van der Waals surface area contributed by atoms with Crippen molar-refractivity contribution >= 4 is 34.3 Å². The molecule has 0 spiro atoms. The van der Waals surface area contributed by atoms with Crippen molar-refractivity contribution in [3.8, 4) is 0 Å². The quantitative estimate of drug-likeness (QED) is 0.716. The van der Waals surface area contributed by atoms with Crippen LogP contribution in [0.5, 0.6) is 0 Å². The summed E-state index contributed by atoms with van der Waals surface area (Å²) in [7, 11) is 0. The number of aromatic nitrogens is 3. The van der Waals surface area contributed by atoms with Gasteiger partial charge in [-0.3, -0.25) is 5.32 Å². The zero-order chi connectivity index (χ0) is 14.4. The number of urea groups is 1. The van der Waals surface area contributed by atoms with E-state index < -0.39 is 0 Å². The van der Waals surface area contributed by atoms with E-state index in [1.54, 1.807) is 18.1 Å². The minimum absolute atomic E-state index is 0.212. The lowest BCUT2D eigenvalue weighted by molar-refractivity contribution is 0.252. The average Bonchev–Trinajstić information content (AvgIpc) is 2.98. The van der Waals surface area contributed by atoms with Gasteiger partial charge < -0.3 is 10.3 Å². The monoisotopic (exact) mass is 311 g/mol. The van der Waals surface area contributed by atoms with Crippen LogP contribution in [0.3, 0.4) is 0 Å².